The fourth-order valence-corrected chi connectivity index (χ4v) is 2.91. The first-order valence-electron chi connectivity index (χ1n) is 9.82. The number of thiocarbonyl (C=S) groups is 2. The maximum atomic E-state index is 5.28. The van der Waals surface area contributed by atoms with Gasteiger partial charge in [-0.3, -0.25) is 10.9 Å². The van der Waals surface area contributed by atoms with Gasteiger partial charge in [-0.2, -0.15) is 10.2 Å². The van der Waals surface area contributed by atoms with Crippen LogP contribution in [0.3, 0.4) is 0 Å². The Labute approximate surface area is 198 Å². The lowest BCUT2D eigenvalue weighted by molar-refractivity contribution is 1.02. The van der Waals surface area contributed by atoms with Crippen molar-refractivity contribution in [1.29, 1.82) is 0 Å². The molecule has 0 bridgehead atoms. The topological polar surface area (TPSA) is 85.7 Å². The normalized spacial score (nSPS) is 11.4. The van der Waals surface area contributed by atoms with Gasteiger partial charge in [-0.25, -0.2) is 4.98 Å². The molecule has 0 unspecified atom stereocenters. The summed E-state index contributed by atoms with van der Waals surface area (Å²) >= 11 is 10.6. The number of rotatable bonds is 6. The molecule has 3 aromatic rings. The van der Waals surface area contributed by atoms with Crippen LogP contribution in [-0.2, 0) is 0 Å². The Kier molecular flexibility index (Phi) is 8.36. The third kappa shape index (κ3) is 7.22. The van der Waals surface area contributed by atoms with Gasteiger partial charge < -0.3 is 10.6 Å². The molecular weight excluding hydrogens is 438 g/mol. The van der Waals surface area contributed by atoms with E-state index in [1.54, 1.807) is 0 Å². The molecule has 2 aromatic carbocycles. The SMILES string of the molecule is CC(=NNC(=S)Nc1ccccc1)c1cccc(C(C)=NNC(=S)Nc2ccccc2)n1. The van der Waals surface area contributed by atoms with Crippen LogP contribution in [0.1, 0.15) is 25.2 Å². The fraction of sp³-hybridized carbons (Fsp3) is 0.0870. The van der Waals surface area contributed by atoms with Crippen molar-refractivity contribution >= 4 is 57.5 Å². The highest BCUT2D eigenvalue weighted by Gasteiger charge is 2.05. The van der Waals surface area contributed by atoms with E-state index in [4.69, 9.17) is 24.4 Å². The Hall–Kier alpha value is -3.69. The Balaban J connectivity index is 1.59. The van der Waals surface area contributed by atoms with Gasteiger partial charge in [-0.15, -0.1) is 0 Å². The lowest BCUT2D eigenvalue weighted by Gasteiger charge is -2.09. The smallest absolute Gasteiger partial charge is 0.191 e. The van der Waals surface area contributed by atoms with E-state index >= 15 is 0 Å². The van der Waals surface area contributed by atoms with E-state index in [0.29, 0.717) is 33.0 Å². The monoisotopic (exact) mass is 461 g/mol. The number of anilines is 2. The van der Waals surface area contributed by atoms with Crippen molar-refractivity contribution < 1.29 is 0 Å². The standard InChI is InChI=1S/C23H23N7S2/c1-16(27-29-22(31)24-18-10-5-3-6-11-18)20-14-9-15-21(26-20)17(2)28-30-23(32)25-19-12-7-4-8-13-19/h3-15H,1-2H3,(H2,24,29,31)(H2,25,30,32). The van der Waals surface area contributed by atoms with Crippen molar-refractivity contribution in [3.05, 3.63) is 90.3 Å². The number of hydrogen-bond acceptors (Lipinski definition) is 5. The molecule has 0 atom stereocenters. The van der Waals surface area contributed by atoms with E-state index in [-0.39, 0.29) is 0 Å². The van der Waals surface area contributed by atoms with Crippen LogP contribution in [0.25, 0.3) is 0 Å². The second kappa shape index (κ2) is 11.6. The van der Waals surface area contributed by atoms with Crippen LogP contribution >= 0.6 is 24.4 Å². The molecule has 0 aliphatic carbocycles. The number of para-hydroxylation sites is 2. The van der Waals surface area contributed by atoms with E-state index in [9.17, 15) is 0 Å². The molecule has 0 aliphatic rings. The van der Waals surface area contributed by atoms with Gasteiger partial charge in [0, 0.05) is 11.4 Å². The lowest BCUT2D eigenvalue weighted by atomic mass is 10.2. The van der Waals surface area contributed by atoms with Crippen molar-refractivity contribution in [3.63, 3.8) is 0 Å². The molecule has 0 spiro atoms. The van der Waals surface area contributed by atoms with Gasteiger partial charge in [0.05, 0.1) is 22.8 Å². The highest BCUT2D eigenvalue weighted by Crippen LogP contribution is 2.06. The van der Waals surface area contributed by atoms with Gasteiger partial charge in [0.15, 0.2) is 10.2 Å². The highest BCUT2D eigenvalue weighted by molar-refractivity contribution is 7.80. The molecule has 0 saturated carbocycles. The Morgan fingerprint density at radius 1 is 0.625 bits per heavy atom. The molecule has 0 saturated heterocycles. The van der Waals surface area contributed by atoms with Gasteiger partial charge in [0.2, 0.25) is 0 Å². The minimum Gasteiger partial charge on any atom is -0.331 e. The van der Waals surface area contributed by atoms with Crippen LogP contribution in [0.2, 0.25) is 0 Å². The number of hydrogen-bond donors (Lipinski definition) is 4. The first-order chi connectivity index (χ1) is 15.5. The van der Waals surface area contributed by atoms with Gasteiger partial charge in [-0.05, 0) is 74.7 Å². The fourth-order valence-electron chi connectivity index (χ4n) is 2.58. The first-order valence-corrected chi connectivity index (χ1v) is 10.6. The molecular formula is C23H23N7S2. The van der Waals surface area contributed by atoms with Crippen LogP contribution in [-0.4, -0.2) is 26.6 Å². The summed E-state index contributed by atoms with van der Waals surface area (Å²) in [4.78, 5) is 4.63. The second-order valence-electron chi connectivity index (χ2n) is 6.67. The molecule has 3 rings (SSSR count). The number of pyridine rings is 1. The molecule has 32 heavy (non-hydrogen) atoms. The second-order valence-corrected chi connectivity index (χ2v) is 7.48. The summed E-state index contributed by atoms with van der Waals surface area (Å²) in [5.41, 5.74) is 10.2. The van der Waals surface area contributed by atoms with Gasteiger partial charge in [-0.1, -0.05) is 42.5 Å². The molecule has 0 fully saturated rings. The van der Waals surface area contributed by atoms with Gasteiger partial charge >= 0.3 is 0 Å². The first kappa shape index (κ1) is 23.0. The molecule has 4 N–H and O–H groups in total. The third-order valence-corrected chi connectivity index (χ3v) is 4.59. The number of aromatic nitrogens is 1. The summed E-state index contributed by atoms with van der Waals surface area (Å²) in [5, 5.41) is 15.6. The predicted octanol–water partition coefficient (Wildman–Crippen LogP) is 4.50. The zero-order valence-corrected chi connectivity index (χ0v) is 19.3. The van der Waals surface area contributed by atoms with Crippen LogP contribution in [0.5, 0.6) is 0 Å². The maximum Gasteiger partial charge on any atom is 0.191 e. The van der Waals surface area contributed by atoms with E-state index < -0.39 is 0 Å². The molecule has 1 heterocycles. The van der Waals surface area contributed by atoms with Crippen LogP contribution in [0.4, 0.5) is 11.4 Å². The summed E-state index contributed by atoms with van der Waals surface area (Å²) in [6.45, 7) is 3.71. The average Bonchev–Trinajstić information content (AvgIpc) is 2.82. The number of nitrogens with zero attached hydrogens (tertiary/aromatic N) is 3. The zero-order valence-electron chi connectivity index (χ0n) is 17.7. The molecule has 9 heteroatoms. The molecule has 0 radical (unpaired) electrons. The minimum atomic E-state index is 0.396. The highest BCUT2D eigenvalue weighted by atomic mass is 32.1. The van der Waals surface area contributed by atoms with Crippen molar-refractivity contribution in [1.82, 2.24) is 15.8 Å². The predicted molar refractivity (Wildman–Crippen MR) is 140 cm³/mol. The maximum absolute atomic E-state index is 5.28. The number of nitrogens with one attached hydrogen (secondary N) is 4. The van der Waals surface area contributed by atoms with Crippen molar-refractivity contribution in [2.24, 2.45) is 10.2 Å². The van der Waals surface area contributed by atoms with Crippen molar-refractivity contribution in [3.8, 4) is 0 Å². The van der Waals surface area contributed by atoms with Crippen LogP contribution < -0.4 is 21.5 Å². The third-order valence-electron chi connectivity index (χ3n) is 4.20. The quantitative estimate of drug-likeness (QED) is 0.244. The van der Waals surface area contributed by atoms with Gasteiger partial charge in [0.25, 0.3) is 0 Å². The summed E-state index contributed by atoms with van der Waals surface area (Å²) in [7, 11) is 0. The summed E-state index contributed by atoms with van der Waals surface area (Å²) in [6, 6.07) is 24.9. The largest absolute Gasteiger partial charge is 0.331 e. The lowest BCUT2D eigenvalue weighted by Crippen LogP contribution is -2.25. The Bertz CT molecular complexity index is 1040. The molecule has 162 valence electrons. The van der Waals surface area contributed by atoms with Crippen molar-refractivity contribution in [2.75, 3.05) is 10.6 Å². The number of hydrazone groups is 2. The molecule has 0 amide bonds. The molecule has 7 nitrogen and oxygen atoms in total. The van der Waals surface area contributed by atoms with Crippen LogP contribution in [0.15, 0.2) is 89.1 Å². The minimum absolute atomic E-state index is 0.396. The van der Waals surface area contributed by atoms with E-state index in [1.165, 1.54) is 0 Å². The molecule has 0 aliphatic heterocycles. The summed E-state index contributed by atoms with van der Waals surface area (Å²) in [6.07, 6.45) is 0. The zero-order chi connectivity index (χ0) is 22.8. The summed E-state index contributed by atoms with van der Waals surface area (Å²) < 4.78 is 0. The summed E-state index contributed by atoms with van der Waals surface area (Å²) in [5.74, 6) is 0. The van der Waals surface area contributed by atoms with E-state index in [2.05, 4.69) is 36.7 Å². The Morgan fingerprint density at radius 2 is 1.03 bits per heavy atom. The average molecular weight is 462 g/mol. The van der Waals surface area contributed by atoms with E-state index in [1.807, 2.05) is 92.7 Å². The number of benzene rings is 2. The van der Waals surface area contributed by atoms with Gasteiger partial charge in [0.1, 0.15) is 0 Å². The van der Waals surface area contributed by atoms with E-state index in [0.717, 1.165) is 11.4 Å². The van der Waals surface area contributed by atoms with Crippen LogP contribution in [0, 0.1) is 0 Å². The van der Waals surface area contributed by atoms with Crippen molar-refractivity contribution in [2.45, 2.75) is 13.8 Å². The Morgan fingerprint density at radius 3 is 1.44 bits per heavy atom. The molecule has 1 aromatic heterocycles.